The van der Waals surface area contributed by atoms with Gasteiger partial charge in [-0.2, -0.15) is 0 Å². The van der Waals surface area contributed by atoms with E-state index in [1.54, 1.807) is 55.5 Å². The lowest BCUT2D eigenvalue weighted by Gasteiger charge is -2.10. The average molecular weight is 497 g/mol. The number of ketones is 2. The molecule has 0 bridgehead atoms. The van der Waals surface area contributed by atoms with E-state index in [1.165, 1.54) is 6.08 Å². The first-order valence-electron chi connectivity index (χ1n) is 8.71. The molecule has 0 radical (unpaired) electrons. The molecule has 0 fully saturated rings. The predicted molar refractivity (Wildman–Crippen MR) is 119 cm³/mol. The SMILES string of the molecule is CCOC(=O)CN/C(=C/C(=O)c1ccc(Br)cc1)SCC(=O)c1ccc(Cl)cc1. The first-order chi connectivity index (χ1) is 13.9. The number of benzene rings is 2. The maximum atomic E-state index is 12.5. The largest absolute Gasteiger partial charge is 0.465 e. The molecule has 152 valence electrons. The maximum absolute atomic E-state index is 12.5. The number of halogens is 2. The van der Waals surface area contributed by atoms with Gasteiger partial charge in [0, 0.05) is 26.7 Å². The number of carbonyl (C=O) groups excluding carboxylic acids is 3. The molecule has 0 saturated carbocycles. The molecular formula is C21H19BrClNO4S. The Labute approximate surface area is 187 Å². The van der Waals surface area contributed by atoms with Crippen LogP contribution in [0.1, 0.15) is 27.6 Å². The molecule has 1 N–H and O–H groups in total. The second kappa shape index (κ2) is 11.8. The van der Waals surface area contributed by atoms with E-state index in [9.17, 15) is 14.4 Å². The first-order valence-corrected chi connectivity index (χ1v) is 10.9. The van der Waals surface area contributed by atoms with E-state index in [0.29, 0.717) is 21.2 Å². The van der Waals surface area contributed by atoms with Crippen LogP contribution in [-0.2, 0) is 9.53 Å². The van der Waals surface area contributed by atoms with E-state index in [-0.39, 0.29) is 30.5 Å². The first kappa shape index (κ1) is 23.2. The molecule has 0 aliphatic carbocycles. The molecule has 0 aromatic heterocycles. The minimum atomic E-state index is -0.445. The number of thioether (sulfide) groups is 1. The van der Waals surface area contributed by atoms with E-state index in [0.717, 1.165) is 16.2 Å². The van der Waals surface area contributed by atoms with E-state index in [1.807, 2.05) is 0 Å². The van der Waals surface area contributed by atoms with Gasteiger partial charge in [0.1, 0.15) is 6.54 Å². The van der Waals surface area contributed by atoms with Crippen molar-refractivity contribution >= 4 is 56.8 Å². The normalized spacial score (nSPS) is 11.1. The lowest BCUT2D eigenvalue weighted by atomic mass is 10.1. The van der Waals surface area contributed by atoms with Crippen LogP contribution in [0.2, 0.25) is 5.02 Å². The van der Waals surface area contributed by atoms with Gasteiger partial charge in [0.05, 0.1) is 17.4 Å². The molecular weight excluding hydrogens is 478 g/mol. The summed E-state index contributed by atoms with van der Waals surface area (Å²) in [6.45, 7) is 1.88. The van der Waals surface area contributed by atoms with Gasteiger partial charge in [0.2, 0.25) is 0 Å². The molecule has 0 atom stereocenters. The molecule has 0 aliphatic rings. The summed E-state index contributed by atoms with van der Waals surface area (Å²) in [6.07, 6.45) is 1.38. The zero-order chi connectivity index (χ0) is 21.2. The lowest BCUT2D eigenvalue weighted by molar-refractivity contribution is -0.141. The molecule has 0 heterocycles. The second-order valence-corrected chi connectivity index (χ2v) is 8.13. The molecule has 29 heavy (non-hydrogen) atoms. The smallest absolute Gasteiger partial charge is 0.325 e. The van der Waals surface area contributed by atoms with Crippen molar-refractivity contribution in [2.24, 2.45) is 0 Å². The number of Topliss-reactive ketones (excluding diaryl/α,β-unsaturated/α-hetero) is 1. The third-order valence-corrected chi connectivity index (χ3v) is 5.39. The van der Waals surface area contributed by atoms with Crippen molar-refractivity contribution in [1.82, 2.24) is 5.32 Å². The van der Waals surface area contributed by atoms with Crippen LogP contribution in [0.25, 0.3) is 0 Å². The second-order valence-electron chi connectivity index (χ2n) is 5.76. The minimum Gasteiger partial charge on any atom is -0.465 e. The van der Waals surface area contributed by atoms with Crippen LogP contribution in [0.5, 0.6) is 0 Å². The summed E-state index contributed by atoms with van der Waals surface area (Å²) in [7, 11) is 0. The van der Waals surface area contributed by atoms with Crippen LogP contribution in [0.4, 0.5) is 0 Å². The molecule has 0 amide bonds. The van der Waals surface area contributed by atoms with Gasteiger partial charge >= 0.3 is 5.97 Å². The van der Waals surface area contributed by atoms with Gasteiger partial charge in [-0.3, -0.25) is 14.4 Å². The highest BCUT2D eigenvalue weighted by Gasteiger charge is 2.12. The van der Waals surface area contributed by atoms with Crippen molar-refractivity contribution in [3.05, 3.63) is 80.3 Å². The van der Waals surface area contributed by atoms with Gasteiger partial charge in [-0.1, -0.05) is 27.5 Å². The van der Waals surface area contributed by atoms with Crippen LogP contribution in [0.3, 0.4) is 0 Å². The molecule has 0 aliphatic heterocycles. The number of hydrogen-bond donors (Lipinski definition) is 1. The third-order valence-electron chi connectivity index (χ3n) is 3.63. The minimum absolute atomic E-state index is 0.0942. The summed E-state index contributed by atoms with van der Waals surface area (Å²) >= 11 is 10.3. The van der Waals surface area contributed by atoms with Gasteiger partial charge in [-0.15, -0.1) is 11.8 Å². The topological polar surface area (TPSA) is 72.5 Å². The van der Waals surface area contributed by atoms with Gasteiger partial charge in [-0.25, -0.2) is 0 Å². The molecule has 5 nitrogen and oxygen atoms in total. The van der Waals surface area contributed by atoms with Gasteiger partial charge in [-0.05, 0) is 55.5 Å². The fraction of sp³-hybridized carbons (Fsp3) is 0.190. The Hall–Kier alpha value is -2.09. The fourth-order valence-corrected chi connectivity index (χ4v) is 3.40. The average Bonchev–Trinajstić information content (AvgIpc) is 2.71. The summed E-state index contributed by atoms with van der Waals surface area (Å²) in [4.78, 5) is 36.6. The number of nitrogens with one attached hydrogen (secondary N) is 1. The Bertz CT molecular complexity index is 898. The van der Waals surface area contributed by atoms with Crippen LogP contribution in [0.15, 0.2) is 64.1 Å². The Morgan fingerprint density at radius 2 is 1.69 bits per heavy atom. The highest BCUT2D eigenvalue weighted by Crippen LogP contribution is 2.18. The summed E-state index contributed by atoms with van der Waals surface area (Å²) in [5.74, 6) is -0.710. The monoisotopic (exact) mass is 495 g/mol. The zero-order valence-corrected chi connectivity index (χ0v) is 18.8. The van der Waals surface area contributed by atoms with E-state index < -0.39 is 5.97 Å². The van der Waals surface area contributed by atoms with Crippen molar-refractivity contribution < 1.29 is 19.1 Å². The maximum Gasteiger partial charge on any atom is 0.325 e. The quantitative estimate of drug-likeness (QED) is 0.287. The van der Waals surface area contributed by atoms with Crippen LogP contribution >= 0.6 is 39.3 Å². The lowest BCUT2D eigenvalue weighted by Crippen LogP contribution is -2.24. The van der Waals surface area contributed by atoms with Crippen LogP contribution in [0, 0.1) is 0 Å². The summed E-state index contributed by atoms with van der Waals surface area (Å²) in [6, 6.07) is 13.5. The molecule has 2 rings (SSSR count). The number of allylic oxidation sites excluding steroid dienone is 1. The van der Waals surface area contributed by atoms with Crippen LogP contribution in [-0.4, -0.2) is 36.4 Å². The Balaban J connectivity index is 2.09. The molecule has 2 aromatic rings. The number of rotatable bonds is 10. The number of esters is 1. The van der Waals surface area contributed by atoms with Gasteiger partial charge in [0.15, 0.2) is 11.6 Å². The molecule has 0 saturated heterocycles. The van der Waals surface area contributed by atoms with Crippen molar-refractivity contribution in [2.45, 2.75) is 6.92 Å². The van der Waals surface area contributed by atoms with Crippen molar-refractivity contribution in [2.75, 3.05) is 18.9 Å². The van der Waals surface area contributed by atoms with E-state index >= 15 is 0 Å². The molecule has 0 spiro atoms. The Morgan fingerprint density at radius 3 is 2.31 bits per heavy atom. The van der Waals surface area contributed by atoms with Crippen molar-refractivity contribution in [3.8, 4) is 0 Å². The zero-order valence-electron chi connectivity index (χ0n) is 15.6. The molecule has 0 unspecified atom stereocenters. The number of hydrogen-bond acceptors (Lipinski definition) is 6. The predicted octanol–water partition coefficient (Wildman–Crippen LogP) is 4.90. The Morgan fingerprint density at radius 1 is 1.07 bits per heavy atom. The summed E-state index contributed by atoms with van der Waals surface area (Å²) < 4.78 is 5.76. The molecule has 8 heteroatoms. The summed E-state index contributed by atoms with van der Waals surface area (Å²) in [5, 5.41) is 3.84. The number of carbonyl (C=O) groups is 3. The number of ether oxygens (including phenoxy) is 1. The molecule has 2 aromatic carbocycles. The van der Waals surface area contributed by atoms with Crippen LogP contribution < -0.4 is 5.32 Å². The standard InChI is InChI=1S/C21H19BrClNO4S/c1-2-28-21(27)12-24-20(11-18(25)14-3-7-16(22)8-4-14)29-13-19(26)15-5-9-17(23)10-6-15/h3-11,24H,2,12-13H2,1H3/b20-11-. The third kappa shape index (κ3) is 8.04. The highest BCUT2D eigenvalue weighted by atomic mass is 79.9. The van der Waals surface area contributed by atoms with E-state index in [4.69, 9.17) is 16.3 Å². The Kier molecular flexibility index (Phi) is 9.44. The van der Waals surface area contributed by atoms with Gasteiger partial charge in [0.25, 0.3) is 0 Å². The van der Waals surface area contributed by atoms with E-state index in [2.05, 4.69) is 21.2 Å². The highest BCUT2D eigenvalue weighted by molar-refractivity contribution is 9.10. The summed E-state index contributed by atoms with van der Waals surface area (Å²) in [5.41, 5.74) is 1.01. The fourth-order valence-electron chi connectivity index (χ4n) is 2.19. The van der Waals surface area contributed by atoms with Gasteiger partial charge < -0.3 is 10.1 Å². The van der Waals surface area contributed by atoms with Crippen molar-refractivity contribution in [1.29, 1.82) is 0 Å². The van der Waals surface area contributed by atoms with Crippen molar-refractivity contribution in [3.63, 3.8) is 0 Å².